The number of halogens is 1. The van der Waals surface area contributed by atoms with Crippen molar-refractivity contribution in [1.82, 2.24) is 4.98 Å². The van der Waals surface area contributed by atoms with Crippen molar-refractivity contribution in [2.75, 3.05) is 5.73 Å². The van der Waals surface area contributed by atoms with Gasteiger partial charge in [-0.2, -0.15) is 0 Å². The highest BCUT2D eigenvalue weighted by Gasteiger charge is 2.09. The SMILES string of the molecule is Cc1cc2cc(-c3cc(Cl)ccc3N)[nH]c(=O)c2cc1C. The van der Waals surface area contributed by atoms with Crippen LogP contribution in [0.1, 0.15) is 11.1 Å². The molecule has 0 atom stereocenters. The molecule has 4 heteroatoms. The van der Waals surface area contributed by atoms with Crippen LogP contribution in [0.4, 0.5) is 5.69 Å². The van der Waals surface area contributed by atoms with Gasteiger partial charge in [0, 0.05) is 21.7 Å². The maximum absolute atomic E-state index is 12.3. The van der Waals surface area contributed by atoms with E-state index in [9.17, 15) is 4.79 Å². The first-order valence-electron chi connectivity index (χ1n) is 6.65. The zero-order valence-electron chi connectivity index (χ0n) is 11.8. The van der Waals surface area contributed by atoms with Gasteiger partial charge < -0.3 is 10.7 Å². The molecule has 0 aliphatic rings. The number of hydrogen-bond donors (Lipinski definition) is 2. The van der Waals surface area contributed by atoms with E-state index in [1.807, 2.05) is 32.0 Å². The summed E-state index contributed by atoms with van der Waals surface area (Å²) in [5.74, 6) is 0. The number of aromatic nitrogens is 1. The minimum atomic E-state index is -0.120. The number of aryl methyl sites for hydroxylation is 2. The number of H-pyrrole nitrogens is 1. The third-order valence-corrected chi connectivity index (χ3v) is 4.00. The van der Waals surface area contributed by atoms with Crippen molar-refractivity contribution in [3.05, 3.63) is 62.9 Å². The van der Waals surface area contributed by atoms with Gasteiger partial charge in [-0.25, -0.2) is 0 Å². The van der Waals surface area contributed by atoms with E-state index in [1.165, 1.54) is 0 Å². The Hall–Kier alpha value is -2.26. The first-order valence-corrected chi connectivity index (χ1v) is 7.03. The fourth-order valence-corrected chi connectivity index (χ4v) is 2.61. The van der Waals surface area contributed by atoms with Crippen molar-refractivity contribution in [3.63, 3.8) is 0 Å². The fraction of sp³-hybridized carbons (Fsp3) is 0.118. The minimum absolute atomic E-state index is 0.120. The summed E-state index contributed by atoms with van der Waals surface area (Å²) in [4.78, 5) is 15.2. The van der Waals surface area contributed by atoms with Gasteiger partial charge in [0.05, 0.1) is 5.69 Å². The number of hydrogen-bond acceptors (Lipinski definition) is 2. The van der Waals surface area contributed by atoms with E-state index in [0.717, 1.165) is 22.1 Å². The van der Waals surface area contributed by atoms with Gasteiger partial charge >= 0.3 is 0 Å². The van der Waals surface area contributed by atoms with Crippen LogP contribution in [-0.2, 0) is 0 Å². The highest BCUT2D eigenvalue weighted by Crippen LogP contribution is 2.29. The van der Waals surface area contributed by atoms with Crippen LogP contribution < -0.4 is 11.3 Å². The number of nitrogen functional groups attached to an aromatic ring is 1. The maximum atomic E-state index is 12.3. The second-order valence-corrected chi connectivity index (χ2v) is 5.70. The summed E-state index contributed by atoms with van der Waals surface area (Å²) in [5.41, 5.74) is 10.1. The lowest BCUT2D eigenvalue weighted by Gasteiger charge is -2.09. The van der Waals surface area contributed by atoms with Crippen LogP contribution in [0.5, 0.6) is 0 Å². The molecule has 1 heterocycles. The number of fused-ring (bicyclic) bond motifs is 1. The Morgan fingerprint density at radius 1 is 1.05 bits per heavy atom. The van der Waals surface area contributed by atoms with Gasteiger partial charge in [0.25, 0.3) is 5.56 Å². The Morgan fingerprint density at radius 2 is 1.76 bits per heavy atom. The third-order valence-electron chi connectivity index (χ3n) is 3.76. The van der Waals surface area contributed by atoms with Crippen LogP contribution in [0, 0.1) is 13.8 Å². The van der Waals surface area contributed by atoms with Gasteiger partial charge in [-0.15, -0.1) is 0 Å². The molecule has 2 aromatic carbocycles. The smallest absolute Gasteiger partial charge is 0.256 e. The Morgan fingerprint density at radius 3 is 2.52 bits per heavy atom. The van der Waals surface area contributed by atoms with E-state index in [-0.39, 0.29) is 5.56 Å². The number of pyridine rings is 1. The Bertz CT molecular complexity index is 913. The Balaban J connectivity index is 2.32. The molecule has 0 fully saturated rings. The van der Waals surface area contributed by atoms with Gasteiger partial charge in [-0.3, -0.25) is 4.79 Å². The van der Waals surface area contributed by atoms with E-state index >= 15 is 0 Å². The first-order chi connectivity index (χ1) is 9.95. The third kappa shape index (κ3) is 2.41. The summed E-state index contributed by atoms with van der Waals surface area (Å²) in [7, 11) is 0. The van der Waals surface area contributed by atoms with E-state index in [1.54, 1.807) is 18.2 Å². The summed E-state index contributed by atoms with van der Waals surface area (Å²) < 4.78 is 0. The molecular weight excluding hydrogens is 284 g/mol. The van der Waals surface area contributed by atoms with Crippen molar-refractivity contribution in [1.29, 1.82) is 0 Å². The van der Waals surface area contributed by atoms with Crippen LogP contribution in [0.3, 0.4) is 0 Å². The molecule has 1 aromatic heterocycles. The van der Waals surface area contributed by atoms with Crippen molar-refractivity contribution >= 4 is 28.1 Å². The molecule has 106 valence electrons. The standard InChI is InChI=1S/C17H15ClN2O/c1-9-5-11-7-16(14-8-12(18)3-4-15(14)19)20-17(21)13(11)6-10(9)2/h3-8H,19H2,1-2H3,(H,20,21). The molecule has 3 rings (SSSR count). The monoisotopic (exact) mass is 298 g/mol. The molecule has 0 aliphatic heterocycles. The zero-order chi connectivity index (χ0) is 15.1. The highest BCUT2D eigenvalue weighted by molar-refractivity contribution is 6.31. The molecule has 3 nitrogen and oxygen atoms in total. The molecule has 0 saturated carbocycles. The van der Waals surface area contributed by atoms with Crippen LogP contribution in [0.25, 0.3) is 22.0 Å². The first kappa shape index (κ1) is 13.7. The number of aromatic amines is 1. The van der Waals surface area contributed by atoms with E-state index in [0.29, 0.717) is 21.8 Å². The summed E-state index contributed by atoms with van der Waals surface area (Å²) in [5, 5.41) is 2.17. The average Bonchev–Trinajstić information content (AvgIpc) is 2.43. The predicted molar refractivity (Wildman–Crippen MR) is 88.9 cm³/mol. The number of nitrogens with two attached hydrogens (primary N) is 1. The Kier molecular flexibility index (Phi) is 3.22. The predicted octanol–water partition coefficient (Wildman–Crippen LogP) is 4.05. The molecule has 21 heavy (non-hydrogen) atoms. The van der Waals surface area contributed by atoms with E-state index in [4.69, 9.17) is 17.3 Å². The van der Waals surface area contributed by atoms with E-state index in [2.05, 4.69) is 4.98 Å². The summed E-state index contributed by atoms with van der Waals surface area (Å²) in [6.45, 7) is 4.03. The van der Waals surface area contributed by atoms with Gasteiger partial charge in [-0.1, -0.05) is 17.7 Å². The molecule has 3 N–H and O–H groups in total. The lowest BCUT2D eigenvalue weighted by Crippen LogP contribution is -2.08. The molecule has 0 bridgehead atoms. The molecule has 0 unspecified atom stereocenters. The van der Waals surface area contributed by atoms with Gasteiger partial charge in [0.15, 0.2) is 0 Å². The number of rotatable bonds is 1. The van der Waals surface area contributed by atoms with Crippen LogP contribution in [0.2, 0.25) is 5.02 Å². The normalized spacial score (nSPS) is 11.0. The minimum Gasteiger partial charge on any atom is -0.398 e. The summed E-state index contributed by atoms with van der Waals surface area (Å²) >= 11 is 6.02. The molecule has 0 spiro atoms. The largest absolute Gasteiger partial charge is 0.398 e. The second-order valence-electron chi connectivity index (χ2n) is 5.27. The molecular formula is C17H15ClN2O. The summed E-state index contributed by atoms with van der Waals surface area (Å²) in [6, 6.07) is 11.1. The molecule has 0 radical (unpaired) electrons. The van der Waals surface area contributed by atoms with Crippen LogP contribution in [-0.4, -0.2) is 4.98 Å². The molecule has 0 amide bonds. The van der Waals surface area contributed by atoms with Crippen LogP contribution in [0.15, 0.2) is 41.2 Å². The molecule has 0 aliphatic carbocycles. The molecule has 3 aromatic rings. The number of benzene rings is 2. The van der Waals surface area contributed by atoms with Crippen molar-refractivity contribution in [3.8, 4) is 11.3 Å². The quantitative estimate of drug-likeness (QED) is 0.666. The summed E-state index contributed by atoms with van der Waals surface area (Å²) in [6.07, 6.45) is 0. The zero-order valence-corrected chi connectivity index (χ0v) is 12.6. The van der Waals surface area contributed by atoms with Crippen LogP contribution >= 0.6 is 11.6 Å². The highest BCUT2D eigenvalue weighted by atomic mass is 35.5. The number of anilines is 1. The second kappa shape index (κ2) is 4.93. The molecule has 0 saturated heterocycles. The van der Waals surface area contributed by atoms with Gasteiger partial charge in [-0.05, 0) is 60.7 Å². The lowest BCUT2D eigenvalue weighted by atomic mass is 10.0. The Labute approximate surface area is 127 Å². The lowest BCUT2D eigenvalue weighted by molar-refractivity contribution is 1.27. The fourth-order valence-electron chi connectivity index (χ4n) is 2.44. The van der Waals surface area contributed by atoms with Crippen molar-refractivity contribution in [2.45, 2.75) is 13.8 Å². The van der Waals surface area contributed by atoms with Crippen molar-refractivity contribution < 1.29 is 0 Å². The van der Waals surface area contributed by atoms with Crippen molar-refractivity contribution in [2.24, 2.45) is 0 Å². The van der Waals surface area contributed by atoms with Gasteiger partial charge in [0.1, 0.15) is 0 Å². The number of nitrogens with one attached hydrogen (secondary N) is 1. The average molecular weight is 299 g/mol. The topological polar surface area (TPSA) is 58.9 Å². The van der Waals surface area contributed by atoms with Gasteiger partial charge in [0.2, 0.25) is 0 Å². The van der Waals surface area contributed by atoms with E-state index < -0.39 is 0 Å². The maximum Gasteiger partial charge on any atom is 0.256 e.